The fraction of sp³-hybridized carbons (Fsp3) is 0.364. The molecular weight excluding hydrogens is 326 g/mol. The molecule has 0 spiro atoms. The Morgan fingerprint density at radius 1 is 1.04 bits per heavy atom. The van der Waals surface area contributed by atoms with Gasteiger partial charge in [0.15, 0.2) is 0 Å². The highest BCUT2D eigenvalue weighted by molar-refractivity contribution is 5.82. The van der Waals surface area contributed by atoms with Gasteiger partial charge in [0, 0.05) is 12.5 Å². The Hall–Kier alpha value is -2.46. The number of Topliss-reactive ketones (excluding diaryl/α,β-unsaturated/α-hetero) is 1. The van der Waals surface area contributed by atoms with Crippen molar-refractivity contribution in [2.75, 3.05) is 13.2 Å². The Labute approximate surface area is 154 Å². The summed E-state index contributed by atoms with van der Waals surface area (Å²) in [6, 6.07) is 19.8. The lowest BCUT2D eigenvalue weighted by Gasteiger charge is -2.32. The molecule has 0 unspecified atom stereocenters. The number of ether oxygens (including phenoxy) is 1. The Balaban J connectivity index is 2.02. The topological polar surface area (TPSA) is 46.6 Å². The van der Waals surface area contributed by atoms with Crippen LogP contribution in [0.4, 0.5) is 0 Å². The van der Waals surface area contributed by atoms with Crippen LogP contribution in [0.3, 0.4) is 0 Å². The van der Waals surface area contributed by atoms with Gasteiger partial charge in [-0.3, -0.25) is 14.5 Å². The Bertz CT molecular complexity index is 705. The molecule has 0 N–H and O–H groups in total. The van der Waals surface area contributed by atoms with Gasteiger partial charge >= 0.3 is 5.97 Å². The molecule has 2 aromatic carbocycles. The van der Waals surface area contributed by atoms with E-state index in [1.165, 1.54) is 0 Å². The van der Waals surface area contributed by atoms with Gasteiger partial charge in [0.05, 0.1) is 12.6 Å². The van der Waals surface area contributed by atoms with Crippen LogP contribution in [0.15, 0.2) is 60.7 Å². The molecule has 0 amide bonds. The van der Waals surface area contributed by atoms with E-state index in [-0.39, 0.29) is 23.7 Å². The summed E-state index contributed by atoms with van der Waals surface area (Å²) < 4.78 is 5.31. The lowest BCUT2D eigenvalue weighted by molar-refractivity contribution is -0.149. The summed E-state index contributed by atoms with van der Waals surface area (Å²) in [5.74, 6) is -0.255. The van der Waals surface area contributed by atoms with E-state index < -0.39 is 6.04 Å². The van der Waals surface area contributed by atoms with Gasteiger partial charge in [0.25, 0.3) is 0 Å². The summed E-state index contributed by atoms with van der Waals surface area (Å²) in [7, 11) is 0. The standard InChI is InChI=1S/C22H25NO3/c1-3-26-22(25)20-14-19(16(2)24)15-23(20)21(17-10-6-4-7-11-17)18-12-8-5-9-13-18/h4-13,19-21H,3,14-15H2,1-2H3/t19-,20+/m0/s1. The van der Waals surface area contributed by atoms with Crippen LogP contribution in [-0.2, 0) is 14.3 Å². The Morgan fingerprint density at radius 3 is 2.04 bits per heavy atom. The third kappa shape index (κ3) is 3.86. The molecule has 1 fully saturated rings. The largest absolute Gasteiger partial charge is 0.465 e. The van der Waals surface area contributed by atoms with Gasteiger partial charge in [-0.15, -0.1) is 0 Å². The maximum atomic E-state index is 12.6. The summed E-state index contributed by atoms with van der Waals surface area (Å²) in [6.07, 6.45) is 0.518. The quantitative estimate of drug-likeness (QED) is 0.746. The number of rotatable bonds is 6. The van der Waals surface area contributed by atoms with Crippen molar-refractivity contribution in [2.24, 2.45) is 5.92 Å². The van der Waals surface area contributed by atoms with Crippen molar-refractivity contribution in [3.8, 4) is 0 Å². The molecule has 2 aromatic rings. The Kier molecular flexibility index (Phi) is 5.84. The molecule has 26 heavy (non-hydrogen) atoms. The summed E-state index contributed by atoms with van der Waals surface area (Å²) >= 11 is 0. The van der Waals surface area contributed by atoms with Gasteiger partial charge in [0.2, 0.25) is 0 Å². The van der Waals surface area contributed by atoms with E-state index in [0.29, 0.717) is 19.6 Å². The number of hydrogen-bond acceptors (Lipinski definition) is 4. The molecule has 4 heteroatoms. The summed E-state index contributed by atoms with van der Waals surface area (Å²) in [6.45, 7) is 4.32. The first-order chi connectivity index (χ1) is 12.6. The van der Waals surface area contributed by atoms with Crippen LogP contribution in [0.5, 0.6) is 0 Å². The second-order valence-corrected chi connectivity index (χ2v) is 6.73. The summed E-state index contributed by atoms with van der Waals surface area (Å²) in [5.41, 5.74) is 2.22. The lowest BCUT2D eigenvalue weighted by Crippen LogP contribution is -2.40. The number of carbonyl (C=O) groups is 2. The first-order valence-corrected chi connectivity index (χ1v) is 9.14. The molecule has 2 atom stereocenters. The second-order valence-electron chi connectivity index (χ2n) is 6.73. The molecule has 0 aromatic heterocycles. The van der Waals surface area contributed by atoms with Crippen LogP contribution >= 0.6 is 0 Å². The maximum Gasteiger partial charge on any atom is 0.323 e. The molecule has 0 bridgehead atoms. The molecule has 0 radical (unpaired) electrons. The molecule has 1 aliphatic heterocycles. The van der Waals surface area contributed by atoms with E-state index >= 15 is 0 Å². The fourth-order valence-electron chi connectivity index (χ4n) is 3.76. The molecule has 0 saturated carbocycles. The molecule has 3 rings (SSSR count). The minimum Gasteiger partial charge on any atom is -0.465 e. The Morgan fingerprint density at radius 2 is 1.58 bits per heavy atom. The predicted molar refractivity (Wildman–Crippen MR) is 101 cm³/mol. The normalized spacial score (nSPS) is 20.3. The zero-order valence-corrected chi connectivity index (χ0v) is 15.3. The minimum atomic E-state index is -0.408. The fourth-order valence-corrected chi connectivity index (χ4v) is 3.76. The van der Waals surface area contributed by atoms with Crippen LogP contribution in [0.25, 0.3) is 0 Å². The van der Waals surface area contributed by atoms with Crippen LogP contribution in [-0.4, -0.2) is 35.8 Å². The van der Waals surface area contributed by atoms with E-state index in [1.807, 2.05) is 43.3 Å². The molecule has 1 aliphatic rings. The molecule has 4 nitrogen and oxygen atoms in total. The highest BCUT2D eigenvalue weighted by Gasteiger charge is 2.43. The van der Waals surface area contributed by atoms with Gasteiger partial charge in [-0.05, 0) is 31.4 Å². The maximum absolute atomic E-state index is 12.6. The number of likely N-dealkylation sites (tertiary alicyclic amines) is 1. The zero-order valence-electron chi connectivity index (χ0n) is 15.3. The number of benzene rings is 2. The van der Waals surface area contributed by atoms with Gasteiger partial charge in [0.1, 0.15) is 11.8 Å². The predicted octanol–water partition coefficient (Wildman–Crippen LogP) is 3.62. The number of ketones is 1. The van der Waals surface area contributed by atoms with Crippen LogP contribution in [0.2, 0.25) is 0 Å². The lowest BCUT2D eigenvalue weighted by atomic mass is 9.96. The number of esters is 1. The first-order valence-electron chi connectivity index (χ1n) is 9.14. The van der Waals surface area contributed by atoms with E-state index in [0.717, 1.165) is 11.1 Å². The summed E-state index contributed by atoms with van der Waals surface area (Å²) in [4.78, 5) is 26.8. The summed E-state index contributed by atoms with van der Waals surface area (Å²) in [5, 5.41) is 0. The average Bonchev–Trinajstić information content (AvgIpc) is 3.09. The molecular formula is C22H25NO3. The van der Waals surface area contributed by atoms with E-state index in [1.54, 1.807) is 6.92 Å². The van der Waals surface area contributed by atoms with Crippen molar-refractivity contribution in [3.63, 3.8) is 0 Å². The van der Waals surface area contributed by atoms with Gasteiger partial charge in [-0.1, -0.05) is 60.7 Å². The molecule has 0 aliphatic carbocycles. The number of nitrogens with zero attached hydrogens (tertiary/aromatic N) is 1. The van der Waals surface area contributed by atoms with Gasteiger partial charge < -0.3 is 4.74 Å². The van der Waals surface area contributed by atoms with Crippen LogP contribution in [0.1, 0.15) is 37.4 Å². The average molecular weight is 351 g/mol. The van der Waals surface area contributed by atoms with Gasteiger partial charge in [-0.2, -0.15) is 0 Å². The van der Waals surface area contributed by atoms with E-state index in [9.17, 15) is 9.59 Å². The van der Waals surface area contributed by atoms with Crippen molar-refractivity contribution in [1.29, 1.82) is 0 Å². The third-order valence-electron chi connectivity index (χ3n) is 5.04. The van der Waals surface area contributed by atoms with Crippen molar-refractivity contribution in [3.05, 3.63) is 71.8 Å². The van der Waals surface area contributed by atoms with Crippen molar-refractivity contribution < 1.29 is 14.3 Å². The molecule has 136 valence electrons. The highest BCUT2D eigenvalue weighted by atomic mass is 16.5. The third-order valence-corrected chi connectivity index (χ3v) is 5.04. The van der Waals surface area contributed by atoms with E-state index in [4.69, 9.17) is 4.74 Å². The van der Waals surface area contributed by atoms with Crippen LogP contribution in [0, 0.1) is 5.92 Å². The second kappa shape index (κ2) is 8.28. The highest BCUT2D eigenvalue weighted by Crippen LogP contribution is 2.37. The smallest absolute Gasteiger partial charge is 0.323 e. The molecule has 1 saturated heterocycles. The van der Waals surface area contributed by atoms with Crippen molar-refractivity contribution in [2.45, 2.75) is 32.4 Å². The van der Waals surface area contributed by atoms with Crippen LogP contribution < -0.4 is 0 Å². The monoisotopic (exact) mass is 351 g/mol. The van der Waals surface area contributed by atoms with Crippen molar-refractivity contribution >= 4 is 11.8 Å². The number of carbonyl (C=O) groups excluding carboxylic acids is 2. The van der Waals surface area contributed by atoms with Gasteiger partial charge in [-0.25, -0.2) is 0 Å². The zero-order chi connectivity index (χ0) is 18.5. The van der Waals surface area contributed by atoms with Crippen molar-refractivity contribution in [1.82, 2.24) is 4.90 Å². The van der Waals surface area contributed by atoms with E-state index in [2.05, 4.69) is 29.2 Å². The number of hydrogen-bond donors (Lipinski definition) is 0. The SMILES string of the molecule is CCOC(=O)[C@H]1C[C@H](C(C)=O)CN1C(c1ccccc1)c1ccccc1. The first kappa shape index (κ1) is 18.3. The minimum absolute atomic E-state index is 0.0869. The molecule has 1 heterocycles.